The first-order chi connectivity index (χ1) is 27.5. The van der Waals surface area contributed by atoms with E-state index in [0.29, 0.717) is 55.3 Å². The Kier molecular flexibility index (Phi) is 12.8. The predicted octanol–water partition coefficient (Wildman–Crippen LogP) is 8.78. The fourth-order valence-electron chi connectivity index (χ4n) is 8.96. The van der Waals surface area contributed by atoms with E-state index >= 15 is 4.79 Å². The number of ether oxygens (including phenoxy) is 2. The first-order valence-electron chi connectivity index (χ1n) is 20.5. The molecule has 1 aliphatic heterocycles. The van der Waals surface area contributed by atoms with Crippen LogP contribution in [0, 0.1) is 10.8 Å². The summed E-state index contributed by atoms with van der Waals surface area (Å²) >= 11 is 0. The van der Waals surface area contributed by atoms with Crippen molar-refractivity contribution in [3.8, 4) is 17.1 Å². The van der Waals surface area contributed by atoms with Crippen LogP contribution in [-0.2, 0) is 22.4 Å². The van der Waals surface area contributed by atoms with Crippen LogP contribution in [0.2, 0.25) is 0 Å². The number of amides is 2. The average molecular weight is 791 g/mol. The zero-order chi connectivity index (χ0) is 41.7. The Morgan fingerprint density at radius 2 is 1.45 bits per heavy atom. The minimum atomic E-state index is -0.461. The second-order valence-electron chi connectivity index (χ2n) is 18.8. The van der Waals surface area contributed by atoms with Gasteiger partial charge in [-0.05, 0) is 69.1 Å². The van der Waals surface area contributed by atoms with E-state index in [1.807, 2.05) is 83.2 Å². The highest BCUT2D eigenvalue weighted by atomic mass is 16.6. The number of aromatic nitrogens is 3. The van der Waals surface area contributed by atoms with Crippen molar-refractivity contribution in [3.05, 3.63) is 108 Å². The molecular formula is C47H62N6O5. The lowest BCUT2D eigenvalue weighted by atomic mass is 9.77. The summed E-state index contributed by atoms with van der Waals surface area (Å²) in [6.07, 6.45) is 6.33. The molecule has 1 fully saturated rings. The summed E-state index contributed by atoms with van der Waals surface area (Å²) in [6, 6.07) is 24.0. The van der Waals surface area contributed by atoms with Gasteiger partial charge in [-0.1, -0.05) is 88.4 Å². The number of imidazole rings is 1. The van der Waals surface area contributed by atoms with E-state index in [-0.39, 0.29) is 16.4 Å². The van der Waals surface area contributed by atoms with E-state index in [4.69, 9.17) is 23.9 Å². The minimum Gasteiger partial charge on any atom is -0.469 e. The third-order valence-electron chi connectivity index (χ3n) is 11.4. The molecule has 5 aromatic rings. The summed E-state index contributed by atoms with van der Waals surface area (Å²) in [7, 11) is 1.81. The summed E-state index contributed by atoms with van der Waals surface area (Å²) < 4.78 is 20.0. The number of morpholine rings is 1. The number of fused-ring (bicyclic) bond motifs is 1. The lowest BCUT2D eigenvalue weighted by molar-refractivity contribution is -0.122. The molecule has 11 nitrogen and oxygen atoms in total. The lowest BCUT2D eigenvalue weighted by Crippen LogP contribution is -2.54. The molecule has 0 saturated carbocycles. The summed E-state index contributed by atoms with van der Waals surface area (Å²) in [6.45, 7) is 21.5. The number of carbonyl (C=O) groups is 2. The van der Waals surface area contributed by atoms with Gasteiger partial charge < -0.3 is 23.7 Å². The second kappa shape index (κ2) is 17.5. The van der Waals surface area contributed by atoms with Crippen molar-refractivity contribution in [1.29, 1.82) is 0 Å². The molecule has 0 N–H and O–H groups in total. The first kappa shape index (κ1) is 42.6. The molecule has 0 atom stereocenters. The van der Waals surface area contributed by atoms with Gasteiger partial charge in [-0.2, -0.15) is 0 Å². The van der Waals surface area contributed by atoms with E-state index in [2.05, 4.69) is 72.4 Å². The van der Waals surface area contributed by atoms with Gasteiger partial charge in [0.25, 0.3) is 0 Å². The number of furan rings is 1. The second-order valence-corrected chi connectivity index (χ2v) is 18.8. The standard InChI is InChI=1S/C47H62N6O5/c1-44(2,30-46(5,6)50(9)34-54)32-51(33-45(3,4)31-47(7,8)52-22-25-56-26-23-52)43(55)58-42-39(28-37-21-16-24-57-37)49-41-38(27-35-17-12-10-13-18-35)48-40(29-53(41)42)36-19-14-11-15-20-36/h10-21,24,29,34H,22-23,25-28,30-33H2,1-9H3. The molecule has 2 amide bonds. The van der Waals surface area contributed by atoms with Gasteiger partial charge in [0, 0.05) is 62.5 Å². The molecule has 0 bridgehead atoms. The van der Waals surface area contributed by atoms with Gasteiger partial charge in [0.1, 0.15) is 11.5 Å². The van der Waals surface area contributed by atoms with Crippen LogP contribution in [0.3, 0.4) is 0 Å². The van der Waals surface area contributed by atoms with Crippen LogP contribution in [-0.4, -0.2) is 99.1 Å². The number of benzene rings is 2. The van der Waals surface area contributed by atoms with Crippen molar-refractivity contribution < 1.29 is 23.5 Å². The number of hydrogen-bond donors (Lipinski definition) is 0. The molecule has 0 radical (unpaired) electrons. The quantitative estimate of drug-likeness (QED) is 0.0862. The molecule has 58 heavy (non-hydrogen) atoms. The number of carbonyl (C=O) groups excluding carboxylic acids is 2. The Balaban J connectivity index is 1.42. The lowest BCUT2D eigenvalue weighted by Gasteiger charge is -2.47. The van der Waals surface area contributed by atoms with Gasteiger partial charge in [0.2, 0.25) is 12.3 Å². The van der Waals surface area contributed by atoms with Crippen LogP contribution in [0.1, 0.15) is 90.9 Å². The minimum absolute atomic E-state index is 0.124. The van der Waals surface area contributed by atoms with Gasteiger partial charge in [-0.3, -0.25) is 14.1 Å². The number of nitrogens with zero attached hydrogens (tertiary/aromatic N) is 6. The third-order valence-corrected chi connectivity index (χ3v) is 11.4. The molecule has 0 aliphatic carbocycles. The maximum absolute atomic E-state index is 15.0. The van der Waals surface area contributed by atoms with Gasteiger partial charge in [0.15, 0.2) is 5.65 Å². The molecule has 4 heterocycles. The highest BCUT2D eigenvalue weighted by Gasteiger charge is 2.40. The molecule has 3 aromatic heterocycles. The van der Waals surface area contributed by atoms with E-state index in [1.54, 1.807) is 11.2 Å². The van der Waals surface area contributed by atoms with Crippen LogP contribution in [0.5, 0.6) is 5.88 Å². The normalized spacial score (nSPS) is 14.4. The summed E-state index contributed by atoms with van der Waals surface area (Å²) in [5.41, 5.74) is 3.48. The van der Waals surface area contributed by atoms with Gasteiger partial charge in [-0.25, -0.2) is 14.8 Å². The average Bonchev–Trinajstić information content (AvgIpc) is 3.82. The highest BCUT2D eigenvalue weighted by molar-refractivity contribution is 5.72. The van der Waals surface area contributed by atoms with Crippen LogP contribution in [0.15, 0.2) is 89.7 Å². The molecule has 1 saturated heterocycles. The monoisotopic (exact) mass is 790 g/mol. The highest BCUT2D eigenvalue weighted by Crippen LogP contribution is 2.37. The fourth-order valence-corrected chi connectivity index (χ4v) is 8.96. The zero-order valence-electron chi connectivity index (χ0n) is 36.0. The van der Waals surface area contributed by atoms with Crippen LogP contribution in [0.25, 0.3) is 16.9 Å². The Morgan fingerprint density at radius 3 is 2.07 bits per heavy atom. The third kappa shape index (κ3) is 10.5. The SMILES string of the molecule is CN(C=O)C(C)(C)CC(C)(C)CN(CC(C)(C)CC(C)(C)N1CCOCC1)C(=O)Oc1c(Cc2ccco2)nc2c(Cc3ccccc3)nc(-c3ccccc3)cn12. The van der Waals surface area contributed by atoms with Crippen molar-refractivity contribution in [1.82, 2.24) is 29.1 Å². The van der Waals surface area contributed by atoms with Crippen LogP contribution < -0.4 is 4.74 Å². The van der Waals surface area contributed by atoms with Crippen molar-refractivity contribution >= 4 is 18.2 Å². The van der Waals surface area contributed by atoms with Gasteiger partial charge in [0.05, 0.1) is 37.3 Å². The maximum Gasteiger partial charge on any atom is 0.416 e. The van der Waals surface area contributed by atoms with Gasteiger partial charge >= 0.3 is 6.09 Å². The van der Waals surface area contributed by atoms with Crippen LogP contribution in [0.4, 0.5) is 4.79 Å². The molecule has 2 aromatic carbocycles. The maximum atomic E-state index is 15.0. The van der Waals surface area contributed by atoms with Crippen molar-refractivity contribution in [2.75, 3.05) is 46.4 Å². The summed E-state index contributed by atoms with van der Waals surface area (Å²) in [4.78, 5) is 43.3. The molecule has 0 unspecified atom stereocenters. The van der Waals surface area contributed by atoms with Crippen LogP contribution >= 0.6 is 0 Å². The van der Waals surface area contributed by atoms with Crippen molar-refractivity contribution in [3.63, 3.8) is 0 Å². The Morgan fingerprint density at radius 1 is 0.810 bits per heavy atom. The van der Waals surface area contributed by atoms with E-state index < -0.39 is 11.6 Å². The summed E-state index contributed by atoms with van der Waals surface area (Å²) in [5, 5.41) is 0. The topological polar surface area (TPSA) is 106 Å². The van der Waals surface area contributed by atoms with Gasteiger partial charge in [-0.15, -0.1) is 0 Å². The predicted molar refractivity (Wildman–Crippen MR) is 228 cm³/mol. The molecule has 11 heteroatoms. The number of rotatable bonds is 17. The molecular weight excluding hydrogens is 729 g/mol. The number of hydrogen-bond acceptors (Lipinski definition) is 8. The molecule has 0 spiro atoms. The van der Waals surface area contributed by atoms with E-state index in [9.17, 15) is 4.79 Å². The Bertz CT molecular complexity index is 2120. The molecule has 310 valence electrons. The zero-order valence-corrected chi connectivity index (χ0v) is 36.0. The summed E-state index contributed by atoms with van der Waals surface area (Å²) in [5.74, 6) is 1.04. The largest absolute Gasteiger partial charge is 0.469 e. The molecule has 1 aliphatic rings. The van der Waals surface area contributed by atoms with Crippen molar-refractivity contribution in [2.45, 2.75) is 92.2 Å². The van der Waals surface area contributed by atoms with E-state index in [1.165, 1.54) is 0 Å². The first-order valence-corrected chi connectivity index (χ1v) is 20.5. The fraction of sp³-hybridized carbons (Fsp3) is 0.489. The smallest absolute Gasteiger partial charge is 0.416 e. The van der Waals surface area contributed by atoms with Crippen molar-refractivity contribution in [2.24, 2.45) is 10.8 Å². The Labute approximate surface area is 344 Å². The Hall–Kier alpha value is -5.00. The molecule has 6 rings (SSSR count). The van der Waals surface area contributed by atoms with E-state index in [0.717, 1.165) is 61.6 Å².